The second kappa shape index (κ2) is 6.55. The lowest BCUT2D eigenvalue weighted by Gasteiger charge is -2.28. The predicted octanol–water partition coefficient (Wildman–Crippen LogP) is 3.67. The van der Waals surface area contributed by atoms with Crippen LogP contribution in [0.2, 0.25) is 0 Å². The van der Waals surface area contributed by atoms with Crippen LogP contribution in [0, 0.1) is 11.8 Å². The maximum atomic E-state index is 12.3. The van der Waals surface area contributed by atoms with E-state index in [1.165, 1.54) is 25.7 Å². The molecule has 2 fully saturated rings. The van der Waals surface area contributed by atoms with Gasteiger partial charge in [0, 0.05) is 24.1 Å². The SMILES string of the molecule is CC(CC(=O)Nc1ccc2nc(C3CC3)oc2c1)C1CCCNC1. The van der Waals surface area contributed by atoms with Gasteiger partial charge < -0.3 is 15.1 Å². The highest BCUT2D eigenvalue weighted by atomic mass is 16.3. The number of benzene rings is 1. The van der Waals surface area contributed by atoms with Crippen molar-refractivity contribution >= 4 is 22.7 Å². The Morgan fingerprint density at radius 3 is 3.04 bits per heavy atom. The van der Waals surface area contributed by atoms with Crippen molar-refractivity contribution in [3.05, 3.63) is 24.1 Å². The Labute approximate surface area is 142 Å². The van der Waals surface area contributed by atoms with Crippen molar-refractivity contribution in [3.63, 3.8) is 0 Å². The summed E-state index contributed by atoms with van der Waals surface area (Å²) in [6.45, 7) is 4.32. The highest BCUT2D eigenvalue weighted by Crippen LogP contribution is 2.40. The van der Waals surface area contributed by atoms with Crippen molar-refractivity contribution in [1.82, 2.24) is 10.3 Å². The molecule has 1 aromatic heterocycles. The van der Waals surface area contributed by atoms with Gasteiger partial charge in [0.2, 0.25) is 5.91 Å². The second-order valence-corrected chi connectivity index (χ2v) is 7.34. The van der Waals surface area contributed by atoms with E-state index < -0.39 is 0 Å². The summed E-state index contributed by atoms with van der Waals surface area (Å²) in [5, 5.41) is 6.44. The number of nitrogens with one attached hydrogen (secondary N) is 2. The lowest BCUT2D eigenvalue weighted by molar-refractivity contribution is -0.117. The van der Waals surface area contributed by atoms with Gasteiger partial charge in [-0.05, 0) is 62.7 Å². The molecule has 2 aliphatic rings. The lowest BCUT2D eigenvalue weighted by Crippen LogP contribution is -2.34. The quantitative estimate of drug-likeness (QED) is 0.879. The number of anilines is 1. The Morgan fingerprint density at radius 2 is 2.29 bits per heavy atom. The molecule has 1 saturated carbocycles. The molecule has 5 nitrogen and oxygen atoms in total. The van der Waals surface area contributed by atoms with E-state index in [1.54, 1.807) is 0 Å². The number of oxazole rings is 1. The van der Waals surface area contributed by atoms with Crippen molar-refractivity contribution in [2.75, 3.05) is 18.4 Å². The third kappa shape index (κ3) is 3.46. The Balaban J connectivity index is 1.38. The Bertz CT molecular complexity index is 729. The average molecular weight is 327 g/mol. The summed E-state index contributed by atoms with van der Waals surface area (Å²) >= 11 is 0. The molecule has 4 rings (SSSR count). The summed E-state index contributed by atoms with van der Waals surface area (Å²) in [7, 11) is 0. The summed E-state index contributed by atoms with van der Waals surface area (Å²) in [6.07, 6.45) is 5.33. The molecule has 1 aliphatic carbocycles. The number of hydrogen-bond donors (Lipinski definition) is 2. The first kappa shape index (κ1) is 15.6. The maximum Gasteiger partial charge on any atom is 0.224 e. The van der Waals surface area contributed by atoms with Gasteiger partial charge >= 0.3 is 0 Å². The fourth-order valence-corrected chi connectivity index (χ4v) is 3.56. The third-order valence-corrected chi connectivity index (χ3v) is 5.26. The number of rotatable bonds is 5. The minimum atomic E-state index is 0.0781. The Kier molecular flexibility index (Phi) is 4.27. The zero-order valence-electron chi connectivity index (χ0n) is 14.2. The normalized spacial score (nSPS) is 22.5. The number of amides is 1. The molecule has 24 heavy (non-hydrogen) atoms. The zero-order chi connectivity index (χ0) is 16.5. The van der Waals surface area contributed by atoms with Gasteiger partial charge in [0.15, 0.2) is 11.5 Å². The summed E-state index contributed by atoms with van der Waals surface area (Å²) in [4.78, 5) is 16.9. The molecule has 0 radical (unpaired) electrons. The van der Waals surface area contributed by atoms with Gasteiger partial charge in [0.1, 0.15) is 5.52 Å². The van der Waals surface area contributed by atoms with Crippen molar-refractivity contribution in [3.8, 4) is 0 Å². The standard InChI is InChI=1S/C19H25N3O2/c1-12(14-3-2-8-20-11-14)9-18(23)21-15-6-7-16-17(10-15)24-19(22-16)13-4-5-13/h6-7,10,12-14,20H,2-5,8-9,11H2,1H3,(H,21,23). The van der Waals surface area contributed by atoms with Gasteiger partial charge in [-0.3, -0.25) is 4.79 Å². The first-order valence-electron chi connectivity index (χ1n) is 9.10. The van der Waals surface area contributed by atoms with E-state index in [4.69, 9.17) is 4.42 Å². The molecule has 2 aromatic rings. The van der Waals surface area contributed by atoms with E-state index in [-0.39, 0.29) is 5.91 Å². The molecule has 2 unspecified atom stereocenters. The molecule has 1 aromatic carbocycles. The van der Waals surface area contributed by atoms with Crippen LogP contribution in [0.3, 0.4) is 0 Å². The monoisotopic (exact) mass is 327 g/mol. The molecule has 1 aliphatic heterocycles. The molecule has 2 heterocycles. The van der Waals surface area contributed by atoms with Crippen molar-refractivity contribution in [2.24, 2.45) is 11.8 Å². The molecule has 1 saturated heterocycles. The molecule has 1 amide bonds. The van der Waals surface area contributed by atoms with Crippen LogP contribution >= 0.6 is 0 Å². The van der Waals surface area contributed by atoms with Gasteiger partial charge in [-0.2, -0.15) is 0 Å². The number of fused-ring (bicyclic) bond motifs is 1. The van der Waals surface area contributed by atoms with E-state index in [0.29, 0.717) is 24.2 Å². The van der Waals surface area contributed by atoms with Crippen LogP contribution < -0.4 is 10.6 Å². The number of piperidine rings is 1. The summed E-state index contributed by atoms with van der Waals surface area (Å²) in [5.74, 6) is 2.41. The molecule has 2 N–H and O–H groups in total. The molecular formula is C19H25N3O2. The van der Waals surface area contributed by atoms with E-state index in [1.807, 2.05) is 18.2 Å². The predicted molar refractivity (Wildman–Crippen MR) is 94.0 cm³/mol. The molecule has 5 heteroatoms. The van der Waals surface area contributed by atoms with Crippen LogP contribution in [0.1, 0.15) is 50.8 Å². The highest BCUT2D eigenvalue weighted by Gasteiger charge is 2.29. The van der Waals surface area contributed by atoms with Crippen LogP contribution in [0.5, 0.6) is 0 Å². The maximum absolute atomic E-state index is 12.3. The highest BCUT2D eigenvalue weighted by molar-refractivity contribution is 5.92. The zero-order valence-corrected chi connectivity index (χ0v) is 14.2. The van der Waals surface area contributed by atoms with Gasteiger partial charge in [0.25, 0.3) is 0 Å². The van der Waals surface area contributed by atoms with Crippen molar-refractivity contribution in [1.29, 1.82) is 0 Å². The van der Waals surface area contributed by atoms with Crippen LogP contribution in [-0.4, -0.2) is 24.0 Å². The largest absolute Gasteiger partial charge is 0.440 e. The van der Waals surface area contributed by atoms with E-state index in [9.17, 15) is 4.79 Å². The van der Waals surface area contributed by atoms with E-state index in [2.05, 4.69) is 22.5 Å². The first-order chi connectivity index (χ1) is 11.7. The number of carbonyl (C=O) groups is 1. The second-order valence-electron chi connectivity index (χ2n) is 7.34. The number of nitrogens with zero attached hydrogens (tertiary/aromatic N) is 1. The van der Waals surface area contributed by atoms with Crippen molar-refractivity contribution in [2.45, 2.75) is 44.9 Å². The summed E-state index contributed by atoms with van der Waals surface area (Å²) < 4.78 is 5.82. The lowest BCUT2D eigenvalue weighted by atomic mass is 9.85. The van der Waals surface area contributed by atoms with Crippen LogP contribution in [0.4, 0.5) is 5.69 Å². The third-order valence-electron chi connectivity index (χ3n) is 5.26. The topological polar surface area (TPSA) is 67.2 Å². The van der Waals surface area contributed by atoms with Crippen molar-refractivity contribution < 1.29 is 9.21 Å². The summed E-state index contributed by atoms with van der Waals surface area (Å²) in [5.41, 5.74) is 2.43. The molecule has 2 atom stereocenters. The van der Waals surface area contributed by atoms with Crippen LogP contribution in [0.25, 0.3) is 11.1 Å². The number of aromatic nitrogens is 1. The van der Waals surface area contributed by atoms with Crippen LogP contribution in [-0.2, 0) is 4.79 Å². The smallest absolute Gasteiger partial charge is 0.224 e. The molecule has 128 valence electrons. The van der Waals surface area contributed by atoms with Gasteiger partial charge in [0.05, 0.1) is 0 Å². The van der Waals surface area contributed by atoms with Gasteiger partial charge in [-0.25, -0.2) is 4.98 Å². The fourth-order valence-electron chi connectivity index (χ4n) is 3.56. The van der Waals surface area contributed by atoms with Gasteiger partial charge in [-0.15, -0.1) is 0 Å². The van der Waals surface area contributed by atoms with Gasteiger partial charge in [-0.1, -0.05) is 6.92 Å². The minimum Gasteiger partial charge on any atom is -0.440 e. The fraction of sp³-hybridized carbons (Fsp3) is 0.579. The Hall–Kier alpha value is -1.88. The average Bonchev–Trinajstić information content (AvgIpc) is 3.35. The number of carbonyl (C=O) groups excluding carboxylic acids is 1. The molecule has 0 spiro atoms. The van der Waals surface area contributed by atoms with E-state index >= 15 is 0 Å². The molecule has 0 bridgehead atoms. The molecular weight excluding hydrogens is 302 g/mol. The van der Waals surface area contributed by atoms with Crippen LogP contribution in [0.15, 0.2) is 22.6 Å². The number of hydrogen-bond acceptors (Lipinski definition) is 4. The first-order valence-corrected chi connectivity index (χ1v) is 9.10. The van der Waals surface area contributed by atoms with E-state index in [0.717, 1.165) is 35.8 Å². The summed E-state index contributed by atoms with van der Waals surface area (Å²) in [6, 6.07) is 5.72. The Morgan fingerprint density at radius 1 is 1.42 bits per heavy atom. The minimum absolute atomic E-state index is 0.0781.